The van der Waals surface area contributed by atoms with Crippen molar-refractivity contribution in [3.8, 4) is 0 Å². The van der Waals surface area contributed by atoms with E-state index in [1.54, 1.807) is 52.1 Å². The Labute approximate surface area is 152 Å². The number of aromatic amines is 6. The van der Waals surface area contributed by atoms with Gasteiger partial charge in [0.15, 0.2) is 0 Å². The van der Waals surface area contributed by atoms with Crippen LogP contribution in [0.3, 0.4) is 0 Å². The van der Waals surface area contributed by atoms with E-state index < -0.39 is 17.1 Å². The fourth-order valence-corrected chi connectivity index (χ4v) is 1.44. The summed E-state index contributed by atoms with van der Waals surface area (Å²) in [5, 5.41) is 0. The van der Waals surface area contributed by atoms with E-state index >= 15 is 0 Å². The molecular formula is C15H21N9O3. The summed E-state index contributed by atoms with van der Waals surface area (Å²) in [5.74, 6) is 2.90. The molecule has 0 aliphatic heterocycles. The van der Waals surface area contributed by atoms with Gasteiger partial charge in [0.1, 0.15) is 17.5 Å². The molecular weight excluding hydrogens is 354 g/mol. The van der Waals surface area contributed by atoms with Crippen LogP contribution in [0.15, 0.2) is 51.6 Å². The highest BCUT2D eigenvalue weighted by atomic mass is 16.2. The van der Waals surface area contributed by atoms with Gasteiger partial charge in [-0.1, -0.05) is 0 Å². The van der Waals surface area contributed by atoms with Crippen molar-refractivity contribution in [3.63, 3.8) is 0 Å². The molecule has 0 saturated carbocycles. The SMILES string of the molecule is Cc1ncc[nH]1.Cc1ncc[nH]1.Cc1ncc[nH]1.O=c1[nH]c(=O)[nH]c(=O)[nH]1. The lowest BCUT2D eigenvalue weighted by Crippen LogP contribution is -2.34. The topological polar surface area (TPSA) is 185 Å². The van der Waals surface area contributed by atoms with Gasteiger partial charge in [0.25, 0.3) is 0 Å². The number of nitrogens with one attached hydrogen (secondary N) is 6. The molecule has 4 heterocycles. The molecule has 0 unspecified atom stereocenters. The number of H-pyrrole nitrogens is 6. The van der Waals surface area contributed by atoms with Crippen LogP contribution in [0.25, 0.3) is 0 Å². The van der Waals surface area contributed by atoms with Crippen LogP contribution in [0.4, 0.5) is 0 Å². The van der Waals surface area contributed by atoms with E-state index in [1.165, 1.54) is 0 Å². The van der Waals surface area contributed by atoms with Crippen molar-refractivity contribution in [2.75, 3.05) is 0 Å². The lowest BCUT2D eigenvalue weighted by atomic mass is 10.8. The van der Waals surface area contributed by atoms with Crippen LogP contribution in [-0.4, -0.2) is 44.9 Å². The van der Waals surface area contributed by atoms with E-state index in [4.69, 9.17) is 0 Å². The summed E-state index contributed by atoms with van der Waals surface area (Å²) in [6.07, 6.45) is 10.6. The van der Waals surface area contributed by atoms with Crippen LogP contribution >= 0.6 is 0 Å². The highest BCUT2D eigenvalue weighted by Crippen LogP contribution is 1.79. The van der Waals surface area contributed by atoms with Crippen molar-refractivity contribution in [3.05, 3.63) is 86.1 Å². The first-order valence-electron chi connectivity index (χ1n) is 7.67. The Morgan fingerprint density at radius 3 is 0.926 bits per heavy atom. The summed E-state index contributed by atoms with van der Waals surface area (Å²) in [4.78, 5) is 56.2. The van der Waals surface area contributed by atoms with Gasteiger partial charge in [0.05, 0.1) is 0 Å². The average Bonchev–Trinajstić information content (AvgIpc) is 3.33. The molecule has 12 nitrogen and oxygen atoms in total. The molecule has 27 heavy (non-hydrogen) atoms. The second kappa shape index (κ2) is 11.6. The highest BCUT2D eigenvalue weighted by molar-refractivity contribution is 4.81. The molecule has 6 N–H and O–H groups in total. The van der Waals surface area contributed by atoms with E-state index in [9.17, 15) is 14.4 Å². The molecule has 0 bridgehead atoms. The van der Waals surface area contributed by atoms with Crippen LogP contribution in [0.1, 0.15) is 17.5 Å². The van der Waals surface area contributed by atoms with Crippen molar-refractivity contribution in [2.24, 2.45) is 0 Å². The quantitative estimate of drug-likeness (QED) is 0.249. The van der Waals surface area contributed by atoms with E-state index in [0.29, 0.717) is 0 Å². The maximum Gasteiger partial charge on any atom is 0.330 e. The van der Waals surface area contributed by atoms with E-state index in [1.807, 2.05) is 20.8 Å². The van der Waals surface area contributed by atoms with Gasteiger partial charge in [0.2, 0.25) is 0 Å². The van der Waals surface area contributed by atoms with Gasteiger partial charge in [-0.05, 0) is 20.8 Å². The zero-order valence-electron chi connectivity index (χ0n) is 15.0. The number of hydrogen-bond donors (Lipinski definition) is 6. The highest BCUT2D eigenvalue weighted by Gasteiger charge is 1.85. The van der Waals surface area contributed by atoms with E-state index in [-0.39, 0.29) is 0 Å². The van der Waals surface area contributed by atoms with Crippen molar-refractivity contribution in [2.45, 2.75) is 20.8 Å². The van der Waals surface area contributed by atoms with Crippen LogP contribution in [0.5, 0.6) is 0 Å². The molecule has 144 valence electrons. The van der Waals surface area contributed by atoms with Crippen molar-refractivity contribution < 1.29 is 0 Å². The standard InChI is InChI=1S/3C4H6N2.C3H3N3O3/c3*1-4-5-2-3-6-4;7-1-4-2(8)6-3(9)5-1/h3*2-3H,1H3,(H,5,6);(H3,4,5,6,7,8,9). The first-order valence-corrected chi connectivity index (χ1v) is 7.67. The zero-order valence-corrected chi connectivity index (χ0v) is 15.0. The van der Waals surface area contributed by atoms with Gasteiger partial charge < -0.3 is 15.0 Å². The minimum absolute atomic E-state index is 0.802. The summed E-state index contributed by atoms with van der Waals surface area (Å²) in [5.41, 5.74) is -2.41. The van der Waals surface area contributed by atoms with Crippen LogP contribution in [0, 0.1) is 20.8 Å². The molecule has 12 heteroatoms. The fraction of sp³-hybridized carbons (Fsp3) is 0.200. The zero-order chi connectivity index (χ0) is 20.1. The Morgan fingerprint density at radius 2 is 0.815 bits per heavy atom. The number of rotatable bonds is 0. The monoisotopic (exact) mass is 375 g/mol. The maximum absolute atomic E-state index is 10.2. The summed E-state index contributed by atoms with van der Waals surface area (Å²) in [6, 6.07) is 0. The predicted molar refractivity (Wildman–Crippen MR) is 98.3 cm³/mol. The van der Waals surface area contributed by atoms with Gasteiger partial charge >= 0.3 is 17.1 Å². The van der Waals surface area contributed by atoms with Gasteiger partial charge in [0, 0.05) is 37.2 Å². The van der Waals surface area contributed by atoms with Gasteiger partial charge in [-0.25, -0.2) is 29.3 Å². The molecule has 4 rings (SSSR count). The maximum atomic E-state index is 10.2. The Kier molecular flexibility index (Phi) is 9.03. The molecule has 0 fully saturated rings. The summed E-state index contributed by atoms with van der Waals surface area (Å²) < 4.78 is 0. The smallest absolute Gasteiger partial charge is 0.330 e. The molecule has 0 aromatic carbocycles. The Morgan fingerprint density at radius 1 is 0.556 bits per heavy atom. The van der Waals surface area contributed by atoms with Crippen LogP contribution in [-0.2, 0) is 0 Å². The number of aromatic nitrogens is 9. The van der Waals surface area contributed by atoms with Gasteiger partial charge in [-0.15, -0.1) is 0 Å². The van der Waals surface area contributed by atoms with Crippen LogP contribution in [0.2, 0.25) is 0 Å². The van der Waals surface area contributed by atoms with Crippen molar-refractivity contribution in [1.82, 2.24) is 44.9 Å². The molecule has 0 atom stereocenters. The Bertz CT molecular complexity index is 854. The molecule has 0 radical (unpaired) electrons. The molecule has 4 aromatic rings. The third-order valence-electron chi connectivity index (χ3n) is 2.59. The molecule has 0 saturated heterocycles. The lowest BCUT2D eigenvalue weighted by Gasteiger charge is -1.77. The van der Waals surface area contributed by atoms with Crippen molar-refractivity contribution in [1.29, 1.82) is 0 Å². The number of imidazole rings is 3. The second-order valence-corrected chi connectivity index (χ2v) is 4.89. The molecule has 4 aromatic heterocycles. The average molecular weight is 375 g/mol. The third kappa shape index (κ3) is 10.5. The first-order chi connectivity index (χ1) is 12.9. The van der Waals surface area contributed by atoms with E-state index in [2.05, 4.69) is 29.9 Å². The summed E-state index contributed by atoms with van der Waals surface area (Å²) >= 11 is 0. The molecule has 0 spiro atoms. The molecule has 0 aliphatic carbocycles. The third-order valence-corrected chi connectivity index (χ3v) is 2.59. The summed E-state index contributed by atoms with van der Waals surface area (Å²) in [7, 11) is 0. The van der Waals surface area contributed by atoms with E-state index in [0.717, 1.165) is 17.5 Å². The van der Waals surface area contributed by atoms with Gasteiger partial charge in [-0.3, -0.25) is 15.0 Å². The number of aryl methyl sites for hydroxylation is 3. The minimum atomic E-state index is -0.802. The minimum Gasteiger partial charge on any atom is -0.349 e. The Hall–Kier alpha value is -3.96. The second-order valence-electron chi connectivity index (χ2n) is 4.89. The predicted octanol–water partition coefficient (Wildman–Crippen LogP) is -0.0941. The first kappa shape index (κ1) is 21.1. The molecule has 0 aliphatic rings. The lowest BCUT2D eigenvalue weighted by molar-refractivity contribution is 0.888. The van der Waals surface area contributed by atoms with Gasteiger partial charge in [-0.2, -0.15) is 0 Å². The summed E-state index contributed by atoms with van der Waals surface area (Å²) in [6.45, 7) is 5.75. The normalized spacial score (nSPS) is 9.00. The van der Waals surface area contributed by atoms with Crippen molar-refractivity contribution >= 4 is 0 Å². The number of hydrogen-bond acceptors (Lipinski definition) is 6. The fourth-order valence-electron chi connectivity index (χ4n) is 1.44. The Balaban J connectivity index is 0.000000183. The molecule has 0 amide bonds. The largest absolute Gasteiger partial charge is 0.349 e. The van der Waals surface area contributed by atoms with Crippen LogP contribution < -0.4 is 17.1 Å². The number of nitrogens with zero attached hydrogens (tertiary/aromatic N) is 3.